The van der Waals surface area contributed by atoms with Crippen LogP contribution in [-0.4, -0.2) is 108 Å². The summed E-state index contributed by atoms with van der Waals surface area (Å²) in [6, 6.07) is 6.19. The molecule has 2 aliphatic heterocycles. The number of hydrogen-bond acceptors (Lipinski definition) is 15. The van der Waals surface area contributed by atoms with Gasteiger partial charge in [0.05, 0.1) is 13.2 Å². The van der Waals surface area contributed by atoms with E-state index in [-0.39, 0.29) is 17.9 Å². The second-order valence-electron chi connectivity index (χ2n) is 9.32. The standard InChI is InChI=1S/C25H26O15/c26-10-5-11(27)22(40-25-20(35)16(31)13(29)7-37-25)23-14(10)17(32)18(33)21(39-23)8-1-3-9(4-2-8)38-24-19(34)15(30)12(28)6-36-24/h1-5,12-13,15-16,19-20,24-31,33-35H,6-7H2/t12-,13-,15+,16+,19-,20-,24+,25+/m1/s1. The van der Waals surface area contributed by atoms with Crippen LogP contribution in [0, 0.1) is 0 Å². The quantitative estimate of drug-likeness (QED) is 0.165. The molecule has 15 nitrogen and oxygen atoms in total. The third kappa shape index (κ3) is 4.89. The molecular formula is C25H26O15. The second-order valence-corrected chi connectivity index (χ2v) is 9.32. The molecule has 0 bridgehead atoms. The van der Waals surface area contributed by atoms with Gasteiger partial charge >= 0.3 is 0 Å². The zero-order valence-corrected chi connectivity index (χ0v) is 20.4. The number of aliphatic hydroxyl groups is 6. The van der Waals surface area contributed by atoms with Crippen molar-refractivity contribution in [2.45, 2.75) is 49.2 Å². The van der Waals surface area contributed by atoms with Gasteiger partial charge in [-0.3, -0.25) is 4.79 Å². The molecular weight excluding hydrogens is 540 g/mol. The molecule has 0 spiro atoms. The van der Waals surface area contributed by atoms with Gasteiger partial charge in [-0.05, 0) is 24.3 Å². The van der Waals surface area contributed by atoms with Crippen LogP contribution in [0.1, 0.15) is 0 Å². The van der Waals surface area contributed by atoms with Gasteiger partial charge in [0.1, 0.15) is 53.5 Å². The Labute approximate surface area is 223 Å². The highest BCUT2D eigenvalue weighted by atomic mass is 16.7. The summed E-state index contributed by atoms with van der Waals surface area (Å²) in [7, 11) is 0. The second kappa shape index (κ2) is 10.7. The molecule has 0 aliphatic carbocycles. The van der Waals surface area contributed by atoms with Crippen molar-refractivity contribution in [3.8, 4) is 40.1 Å². The topological polar surface area (TPSA) is 249 Å². The Bertz CT molecular complexity index is 1440. The van der Waals surface area contributed by atoms with E-state index in [1.807, 2.05) is 0 Å². The Morgan fingerprint density at radius 3 is 1.85 bits per heavy atom. The maximum atomic E-state index is 13.0. The van der Waals surface area contributed by atoms with Crippen molar-refractivity contribution < 1.29 is 69.3 Å². The lowest BCUT2D eigenvalue weighted by Gasteiger charge is -2.35. The lowest BCUT2D eigenvalue weighted by molar-refractivity contribution is -0.242. The van der Waals surface area contributed by atoms with Crippen molar-refractivity contribution in [2.24, 2.45) is 0 Å². The van der Waals surface area contributed by atoms with Crippen LogP contribution in [0.15, 0.2) is 39.5 Å². The minimum atomic E-state index is -1.76. The van der Waals surface area contributed by atoms with Gasteiger partial charge in [0, 0.05) is 11.6 Å². The molecule has 216 valence electrons. The van der Waals surface area contributed by atoms with Crippen LogP contribution in [-0.2, 0) is 9.47 Å². The van der Waals surface area contributed by atoms with Crippen molar-refractivity contribution in [3.63, 3.8) is 0 Å². The first kappa shape index (κ1) is 27.9. The first-order chi connectivity index (χ1) is 19.0. The van der Waals surface area contributed by atoms with Gasteiger partial charge in [0.25, 0.3) is 0 Å². The molecule has 0 amide bonds. The van der Waals surface area contributed by atoms with Crippen LogP contribution >= 0.6 is 0 Å². The number of benzene rings is 2. The average molecular weight is 566 g/mol. The molecule has 40 heavy (non-hydrogen) atoms. The van der Waals surface area contributed by atoms with E-state index in [4.69, 9.17) is 23.4 Å². The van der Waals surface area contributed by atoms with Crippen LogP contribution in [0.2, 0.25) is 0 Å². The molecule has 0 saturated carbocycles. The molecule has 2 aromatic carbocycles. The fraction of sp³-hybridized carbons (Fsp3) is 0.400. The molecule has 3 heterocycles. The van der Waals surface area contributed by atoms with Crippen LogP contribution in [0.5, 0.6) is 28.7 Å². The van der Waals surface area contributed by atoms with E-state index in [2.05, 4.69) is 0 Å². The summed E-state index contributed by atoms with van der Waals surface area (Å²) >= 11 is 0. The van der Waals surface area contributed by atoms with E-state index in [1.54, 1.807) is 0 Å². The highest BCUT2D eigenvalue weighted by molar-refractivity contribution is 5.93. The number of aromatic hydroxyl groups is 3. The summed E-state index contributed by atoms with van der Waals surface area (Å²) in [6.45, 7) is -0.698. The van der Waals surface area contributed by atoms with Gasteiger partial charge in [-0.2, -0.15) is 0 Å². The molecule has 2 aliphatic rings. The molecule has 9 N–H and O–H groups in total. The average Bonchev–Trinajstić information content (AvgIpc) is 2.93. The van der Waals surface area contributed by atoms with Crippen molar-refractivity contribution >= 4 is 11.0 Å². The van der Waals surface area contributed by atoms with E-state index < -0.39 is 101 Å². The maximum absolute atomic E-state index is 13.0. The Morgan fingerprint density at radius 1 is 0.725 bits per heavy atom. The van der Waals surface area contributed by atoms with Crippen molar-refractivity contribution in [1.82, 2.24) is 0 Å². The fourth-order valence-electron chi connectivity index (χ4n) is 4.31. The Morgan fingerprint density at radius 2 is 1.27 bits per heavy atom. The SMILES string of the molecule is O=c1c(O)c(-c2ccc(O[C@@H]3OC[C@@H](O)[C@H](O)[C@H]3O)cc2)oc2c(O[C@@H]3OC[C@@H](O)[C@H](O)[C@H]3O)c(O)cc(O)c12. The van der Waals surface area contributed by atoms with Gasteiger partial charge in [-0.25, -0.2) is 0 Å². The summed E-state index contributed by atoms with van der Waals surface area (Å²) in [6.07, 6.45) is -12.0. The summed E-state index contributed by atoms with van der Waals surface area (Å²) in [4.78, 5) is 13.0. The number of ether oxygens (including phenoxy) is 4. The summed E-state index contributed by atoms with van der Waals surface area (Å²) < 4.78 is 27.1. The third-order valence-electron chi connectivity index (χ3n) is 6.57. The Kier molecular flexibility index (Phi) is 7.47. The number of rotatable bonds is 5. The third-order valence-corrected chi connectivity index (χ3v) is 6.57. The lowest BCUT2D eigenvalue weighted by Crippen LogP contribution is -2.54. The van der Waals surface area contributed by atoms with Crippen LogP contribution in [0.4, 0.5) is 0 Å². The number of phenols is 2. The van der Waals surface area contributed by atoms with E-state index in [1.165, 1.54) is 24.3 Å². The minimum Gasteiger partial charge on any atom is -0.507 e. The van der Waals surface area contributed by atoms with E-state index in [9.17, 15) is 50.8 Å². The van der Waals surface area contributed by atoms with Gasteiger partial charge in [-0.1, -0.05) is 0 Å². The van der Waals surface area contributed by atoms with Gasteiger partial charge in [-0.15, -0.1) is 0 Å². The number of hydrogen-bond donors (Lipinski definition) is 9. The zero-order chi connectivity index (χ0) is 28.9. The van der Waals surface area contributed by atoms with Crippen LogP contribution in [0.3, 0.4) is 0 Å². The molecule has 5 rings (SSSR count). The van der Waals surface area contributed by atoms with E-state index >= 15 is 0 Å². The highest BCUT2D eigenvalue weighted by Crippen LogP contribution is 2.43. The first-order valence-corrected chi connectivity index (χ1v) is 12.0. The molecule has 2 saturated heterocycles. The van der Waals surface area contributed by atoms with Gasteiger partial charge in [0.2, 0.25) is 29.5 Å². The first-order valence-electron chi connectivity index (χ1n) is 12.0. The Balaban J connectivity index is 1.49. The zero-order valence-electron chi connectivity index (χ0n) is 20.4. The lowest BCUT2D eigenvalue weighted by atomic mass is 10.1. The molecule has 15 heteroatoms. The molecule has 0 radical (unpaired) electrons. The summed E-state index contributed by atoms with van der Waals surface area (Å²) in [5.41, 5.74) is -1.50. The van der Waals surface area contributed by atoms with Gasteiger partial charge < -0.3 is 69.3 Å². The van der Waals surface area contributed by atoms with E-state index in [0.717, 1.165) is 6.07 Å². The fourth-order valence-corrected chi connectivity index (χ4v) is 4.31. The molecule has 0 unspecified atom stereocenters. The van der Waals surface area contributed by atoms with Crippen molar-refractivity contribution in [1.29, 1.82) is 0 Å². The predicted molar refractivity (Wildman–Crippen MR) is 130 cm³/mol. The van der Waals surface area contributed by atoms with Crippen molar-refractivity contribution in [3.05, 3.63) is 40.6 Å². The smallest absolute Gasteiger partial charge is 0.238 e. The molecule has 1 aromatic heterocycles. The number of aliphatic hydroxyl groups excluding tert-OH is 6. The Hall–Kier alpha value is -3.67. The van der Waals surface area contributed by atoms with Gasteiger partial charge in [0.15, 0.2) is 17.1 Å². The number of fused-ring (bicyclic) bond motifs is 1. The highest BCUT2D eigenvalue weighted by Gasteiger charge is 2.41. The monoisotopic (exact) mass is 566 g/mol. The normalized spacial score (nSPS) is 30.8. The van der Waals surface area contributed by atoms with E-state index in [0.29, 0.717) is 0 Å². The number of phenolic OH excluding ortho intramolecular Hbond substituents is 2. The molecule has 3 aromatic rings. The largest absolute Gasteiger partial charge is 0.507 e. The van der Waals surface area contributed by atoms with Crippen LogP contribution < -0.4 is 14.9 Å². The van der Waals surface area contributed by atoms with Crippen LogP contribution in [0.25, 0.3) is 22.3 Å². The predicted octanol–water partition coefficient (Wildman–Crippen LogP) is -1.79. The summed E-state index contributed by atoms with van der Waals surface area (Å²) in [5.74, 6) is -3.22. The van der Waals surface area contributed by atoms with Crippen molar-refractivity contribution in [2.75, 3.05) is 13.2 Å². The molecule has 8 atom stereocenters. The summed E-state index contributed by atoms with van der Waals surface area (Å²) in [5, 5.41) is 90.0. The minimum absolute atomic E-state index is 0.116. The molecule has 2 fully saturated rings. The maximum Gasteiger partial charge on any atom is 0.238 e.